The smallest absolute Gasteiger partial charge is 0.315 e. The molecule has 24 heteroatoms. The van der Waals surface area contributed by atoms with Gasteiger partial charge in [-0.05, 0) is 109 Å². The quantitative estimate of drug-likeness (QED) is 0.0164. The van der Waals surface area contributed by atoms with Gasteiger partial charge in [-0.2, -0.15) is 16.1 Å². The topological polar surface area (TPSA) is 291 Å². The molecule has 7 N–H and O–H groups in total. The molecule has 21 nitrogen and oxygen atoms in total. The van der Waals surface area contributed by atoms with Crippen LogP contribution in [0.3, 0.4) is 0 Å². The van der Waals surface area contributed by atoms with Crippen LogP contribution in [-0.2, 0) is 53.6 Å². The molecule has 1 aromatic heterocycles. The lowest BCUT2D eigenvalue weighted by Crippen LogP contribution is -2.47. The highest BCUT2D eigenvalue weighted by Gasteiger charge is 2.43. The number of amides is 5. The molecule has 2 saturated heterocycles. The van der Waals surface area contributed by atoms with E-state index in [0.717, 1.165) is 30.7 Å². The number of sulfonamides is 1. The Kier molecular flexibility index (Phi) is 20.7. The number of aromatic hydroxyl groups is 1. The number of hydrogen-bond acceptors (Lipinski definition) is 15. The van der Waals surface area contributed by atoms with E-state index in [2.05, 4.69) is 36.9 Å². The molecule has 6 aromatic carbocycles. The Morgan fingerprint density at radius 2 is 1.44 bits per heavy atom. The number of aliphatic hydroxyl groups is 1. The first-order valence-electron chi connectivity index (χ1n) is 30.4. The first-order valence-corrected chi connectivity index (χ1v) is 34.4. The van der Waals surface area contributed by atoms with Gasteiger partial charge in [0.2, 0.25) is 37.6 Å². The molecule has 0 saturated carbocycles. The van der Waals surface area contributed by atoms with Gasteiger partial charge >= 0.3 is 6.03 Å². The average molecular weight is 1280 g/mol. The van der Waals surface area contributed by atoms with E-state index in [1.54, 1.807) is 85.1 Å². The fraction of sp³-hybridized carbons (Fsp3) is 0.379. The minimum absolute atomic E-state index is 0.0143. The second kappa shape index (κ2) is 28.8. The molecule has 2 fully saturated rings. The number of carbonyl (C=O) groups excluding carboxylic acids is 5. The molecule has 5 heterocycles. The minimum Gasteiger partial charge on any atom is -0.508 e. The van der Waals surface area contributed by atoms with Crippen molar-refractivity contribution in [2.24, 2.45) is 0 Å². The summed E-state index contributed by atoms with van der Waals surface area (Å²) >= 11 is 1.85. The number of ketones is 1. The normalized spacial score (nSPS) is 19.3. The molecule has 7 aromatic rings. The largest absolute Gasteiger partial charge is 0.508 e. The first kappa shape index (κ1) is 64.8. The average Bonchev–Trinajstić information content (AvgIpc) is 1.13. The summed E-state index contributed by atoms with van der Waals surface area (Å²) in [5.41, 5.74) is 4.01. The maximum atomic E-state index is 14.9. The predicted molar refractivity (Wildman–Crippen MR) is 343 cm³/mol. The third-order valence-corrected chi connectivity index (χ3v) is 22.1. The van der Waals surface area contributed by atoms with Crippen LogP contribution < -0.4 is 31.5 Å². The Hall–Kier alpha value is -8.16. The molecule has 4 aliphatic rings. The van der Waals surface area contributed by atoms with Crippen LogP contribution in [0.5, 0.6) is 5.75 Å². The second-order valence-electron chi connectivity index (χ2n) is 23.6. The number of thioether (sulfide) groups is 1. The number of aliphatic hydroxyl groups excluding tert-OH is 1. The number of nitrogens with zero attached hydrogens (tertiary/aromatic N) is 5. The van der Waals surface area contributed by atoms with Crippen molar-refractivity contribution in [2.75, 3.05) is 44.4 Å². The summed E-state index contributed by atoms with van der Waals surface area (Å²) < 4.78 is 60.9. The number of aromatic nitrogens is 3. The van der Waals surface area contributed by atoms with Gasteiger partial charge < -0.3 is 41.7 Å². The highest BCUT2D eigenvalue weighted by atomic mass is 32.2. The van der Waals surface area contributed by atoms with Crippen LogP contribution in [-0.4, -0.2) is 145 Å². The Labute approximate surface area is 528 Å². The Morgan fingerprint density at radius 3 is 2.19 bits per heavy atom. The zero-order valence-corrected chi connectivity index (χ0v) is 52.9. The van der Waals surface area contributed by atoms with Gasteiger partial charge in [-0.3, -0.25) is 19.2 Å². The minimum atomic E-state index is -4.42. The van der Waals surface area contributed by atoms with E-state index >= 15 is 0 Å². The van der Waals surface area contributed by atoms with Crippen molar-refractivity contribution >= 4 is 77.6 Å². The summed E-state index contributed by atoms with van der Waals surface area (Å²) in [6.45, 7) is 1.60. The zero-order valence-electron chi connectivity index (χ0n) is 50.5. The number of carbonyl (C=O) groups is 5. The number of hydrogen-bond donors (Lipinski definition) is 7. The van der Waals surface area contributed by atoms with Gasteiger partial charge in [0, 0.05) is 91.6 Å². The number of anilines is 1. The van der Waals surface area contributed by atoms with Crippen LogP contribution in [0, 0.1) is 0 Å². The molecule has 11 rings (SSSR count). The van der Waals surface area contributed by atoms with Crippen molar-refractivity contribution in [3.63, 3.8) is 0 Å². The van der Waals surface area contributed by atoms with Crippen LogP contribution in [0.15, 0.2) is 154 Å². The number of benzene rings is 6. The molecular weight excluding hydrogens is 1200 g/mol. The summed E-state index contributed by atoms with van der Waals surface area (Å²) in [4.78, 5) is 67.2. The number of urea groups is 1. The summed E-state index contributed by atoms with van der Waals surface area (Å²) in [6.07, 6.45) is 5.16. The molecule has 90 heavy (non-hydrogen) atoms. The summed E-state index contributed by atoms with van der Waals surface area (Å²) in [7, 11) is -4.84. The monoisotopic (exact) mass is 1280 g/mol. The number of nitrogens with one attached hydrogen (secondary N) is 5. The Bertz CT molecular complexity index is 3950. The van der Waals surface area contributed by atoms with Crippen molar-refractivity contribution < 1.29 is 51.0 Å². The van der Waals surface area contributed by atoms with E-state index in [9.17, 15) is 51.0 Å². The number of fused-ring (bicyclic) bond motifs is 6. The predicted octanol–water partition coefficient (Wildman–Crippen LogP) is 6.97. The standard InChI is InChI=1S/C66H76N10O11S3/c1-42-38-75(90(86,87)51-30-28-50(29-31-51)89(84,85)60-17-12-15-52-53(60)35-47(42)36-56(52)74(2)3)40-58(78)57(34-44-22-26-49(77)27-23-44)76-39-48(72-73-76)37-68-65(82)54(33-43-20-24-46(25-21-43)64(81)45-13-6-4-7-14-45)69-62(80)19-8-5-11-32-67-61(79)18-10-9-16-59-63-55(41-88-59)70-66(83)71-63/h4,6-7,12-15,17,20-31,35-36,39,42,54-55,57-59,63,77-78H,5,8-11,16,18-19,32-34,37-38,40-41H2,1-3H3,(H,67,79)(H,68,82)(H,69,80)(H2,70,71,83)/t42?,54-,55-,57-,58?,59-,63-/m0/s1. The lowest BCUT2D eigenvalue weighted by molar-refractivity contribution is -0.129. The van der Waals surface area contributed by atoms with Crippen LogP contribution in [0.1, 0.15) is 109 Å². The van der Waals surface area contributed by atoms with Crippen molar-refractivity contribution in [3.8, 4) is 5.75 Å². The van der Waals surface area contributed by atoms with Gasteiger partial charge in [0.15, 0.2) is 5.78 Å². The number of rotatable bonds is 26. The lowest BCUT2D eigenvalue weighted by atomic mass is 9.95. The number of phenols is 1. The van der Waals surface area contributed by atoms with Crippen molar-refractivity contribution in [1.29, 1.82) is 0 Å². The maximum Gasteiger partial charge on any atom is 0.315 e. The van der Waals surface area contributed by atoms with Crippen molar-refractivity contribution in [1.82, 2.24) is 45.9 Å². The van der Waals surface area contributed by atoms with Gasteiger partial charge in [-0.1, -0.05) is 104 Å². The maximum absolute atomic E-state index is 14.9. The second-order valence-corrected chi connectivity index (χ2v) is 28.8. The van der Waals surface area contributed by atoms with Gasteiger partial charge in [0.1, 0.15) is 17.5 Å². The molecule has 0 spiro atoms. The van der Waals surface area contributed by atoms with E-state index < -0.39 is 56.4 Å². The molecule has 7 atom stereocenters. The molecule has 4 bridgehead atoms. The Balaban J connectivity index is 0.811. The van der Waals surface area contributed by atoms with E-state index in [0.29, 0.717) is 76.1 Å². The third-order valence-electron chi connectivity index (χ3n) is 16.9. The van der Waals surface area contributed by atoms with E-state index in [1.165, 1.54) is 45.4 Å². The number of unbranched alkanes of at least 4 members (excludes halogenated alkanes) is 3. The SMILES string of the molecule is CC1CN(CC(O)[C@H](Cc2ccc(O)cc2)n2cc(CNC(=O)[C@H](Cc3ccc(C(=O)c4ccccc4)cc3)NC(=O)CCCCCNC(=O)CCCC[C@@H]3SC[C@@H]4NC(=O)N[C@@H]43)nn2)S(=O)(=O)c2ccc(cc2)S(=O)(=O)c2cccc3c(N(C)C)cc1cc23. The van der Waals surface area contributed by atoms with Crippen LogP contribution in [0.2, 0.25) is 0 Å². The number of phenolic OH excluding ortho intramolecular Hbond substituents is 1. The van der Waals surface area contributed by atoms with Gasteiger partial charge in [0.25, 0.3) is 0 Å². The van der Waals surface area contributed by atoms with E-state index in [-0.39, 0.29) is 94.2 Å². The summed E-state index contributed by atoms with van der Waals surface area (Å²) in [6, 6.07) is 34.1. The fourth-order valence-electron chi connectivity index (χ4n) is 11.9. The Morgan fingerprint density at radius 1 is 0.756 bits per heavy atom. The van der Waals surface area contributed by atoms with Crippen LogP contribution >= 0.6 is 11.8 Å². The third kappa shape index (κ3) is 15.5. The number of sulfone groups is 1. The van der Waals surface area contributed by atoms with Gasteiger partial charge in [-0.25, -0.2) is 26.3 Å². The molecule has 5 amide bonds. The highest BCUT2D eigenvalue weighted by Crippen LogP contribution is 2.39. The molecule has 4 aliphatic heterocycles. The van der Waals surface area contributed by atoms with E-state index in [4.69, 9.17) is 0 Å². The first-order chi connectivity index (χ1) is 43.2. The summed E-state index contributed by atoms with van der Waals surface area (Å²) in [5, 5.41) is 47.7. The van der Waals surface area contributed by atoms with Gasteiger partial charge in [0.05, 0.1) is 51.7 Å². The summed E-state index contributed by atoms with van der Waals surface area (Å²) in [5.74, 6) is -0.699. The molecule has 474 valence electrons. The molecular formula is C66H76N10O11S3. The van der Waals surface area contributed by atoms with Crippen LogP contribution in [0.4, 0.5) is 10.5 Å². The molecule has 0 aliphatic carbocycles. The molecule has 0 radical (unpaired) electrons. The van der Waals surface area contributed by atoms with Crippen LogP contribution in [0.25, 0.3) is 10.8 Å². The molecule has 2 unspecified atom stereocenters. The zero-order chi connectivity index (χ0) is 63.7. The van der Waals surface area contributed by atoms with E-state index in [1.807, 2.05) is 55.9 Å². The van der Waals surface area contributed by atoms with Crippen molar-refractivity contribution in [3.05, 3.63) is 173 Å². The fourth-order valence-corrected chi connectivity index (χ4v) is 16.5. The van der Waals surface area contributed by atoms with Crippen molar-refractivity contribution in [2.45, 2.75) is 134 Å². The highest BCUT2D eigenvalue weighted by molar-refractivity contribution is 8.00. The lowest BCUT2D eigenvalue weighted by Gasteiger charge is -2.31. The van der Waals surface area contributed by atoms with Gasteiger partial charge in [-0.15, -0.1) is 5.10 Å².